The second kappa shape index (κ2) is 5.19. The SMILES string of the molecule is Cc1ccc(N2CC(C)NCC2C)cc1N(C)C. The Kier molecular flexibility index (Phi) is 3.81. The van der Waals surface area contributed by atoms with Gasteiger partial charge >= 0.3 is 0 Å². The summed E-state index contributed by atoms with van der Waals surface area (Å²) in [5.41, 5.74) is 3.98. The smallest absolute Gasteiger partial charge is 0.0411 e. The van der Waals surface area contributed by atoms with Crippen molar-refractivity contribution in [2.75, 3.05) is 37.0 Å². The van der Waals surface area contributed by atoms with Crippen molar-refractivity contribution in [3.05, 3.63) is 23.8 Å². The number of hydrogen-bond acceptors (Lipinski definition) is 3. The summed E-state index contributed by atoms with van der Waals surface area (Å²) in [6.45, 7) is 8.85. The van der Waals surface area contributed by atoms with E-state index >= 15 is 0 Å². The summed E-state index contributed by atoms with van der Waals surface area (Å²) in [6.07, 6.45) is 0. The van der Waals surface area contributed by atoms with Crippen LogP contribution >= 0.6 is 0 Å². The Morgan fingerprint density at radius 2 is 2.00 bits per heavy atom. The van der Waals surface area contributed by atoms with Gasteiger partial charge < -0.3 is 15.1 Å². The predicted molar refractivity (Wildman–Crippen MR) is 79.8 cm³/mol. The lowest BCUT2D eigenvalue weighted by Crippen LogP contribution is -2.54. The third-order valence-electron chi connectivity index (χ3n) is 3.77. The van der Waals surface area contributed by atoms with Gasteiger partial charge in [-0.05, 0) is 38.5 Å². The van der Waals surface area contributed by atoms with E-state index in [1.807, 2.05) is 0 Å². The third kappa shape index (κ3) is 2.61. The first-order valence-electron chi connectivity index (χ1n) is 6.77. The zero-order valence-corrected chi connectivity index (χ0v) is 12.2. The first kappa shape index (κ1) is 13.2. The van der Waals surface area contributed by atoms with Crippen LogP contribution in [0, 0.1) is 6.92 Å². The van der Waals surface area contributed by atoms with Gasteiger partial charge in [-0.3, -0.25) is 0 Å². The summed E-state index contributed by atoms with van der Waals surface area (Å²) in [5, 5.41) is 3.53. The van der Waals surface area contributed by atoms with Crippen molar-refractivity contribution in [3.8, 4) is 0 Å². The Balaban J connectivity index is 2.29. The fourth-order valence-corrected chi connectivity index (χ4v) is 2.64. The highest BCUT2D eigenvalue weighted by atomic mass is 15.2. The van der Waals surface area contributed by atoms with Crippen molar-refractivity contribution in [2.24, 2.45) is 0 Å². The third-order valence-corrected chi connectivity index (χ3v) is 3.77. The second-order valence-corrected chi connectivity index (χ2v) is 5.68. The first-order chi connectivity index (χ1) is 8.49. The van der Waals surface area contributed by atoms with Gasteiger partial charge in [-0.25, -0.2) is 0 Å². The van der Waals surface area contributed by atoms with Crippen LogP contribution in [0.4, 0.5) is 11.4 Å². The zero-order valence-electron chi connectivity index (χ0n) is 12.2. The van der Waals surface area contributed by atoms with Gasteiger partial charge in [0.1, 0.15) is 0 Å². The molecule has 2 atom stereocenters. The average molecular weight is 247 g/mol. The maximum Gasteiger partial charge on any atom is 0.0411 e. The highest BCUT2D eigenvalue weighted by Gasteiger charge is 2.22. The molecule has 1 aliphatic heterocycles. The largest absolute Gasteiger partial charge is 0.377 e. The minimum absolute atomic E-state index is 0.555. The molecule has 100 valence electrons. The lowest BCUT2D eigenvalue weighted by atomic mass is 10.1. The number of benzene rings is 1. The molecule has 0 spiro atoms. The van der Waals surface area contributed by atoms with Crippen LogP contribution < -0.4 is 15.1 Å². The molecule has 3 nitrogen and oxygen atoms in total. The fraction of sp³-hybridized carbons (Fsp3) is 0.600. The number of anilines is 2. The Bertz CT molecular complexity index is 414. The highest BCUT2D eigenvalue weighted by molar-refractivity contribution is 5.63. The van der Waals surface area contributed by atoms with Crippen LogP contribution in [0.3, 0.4) is 0 Å². The fourth-order valence-electron chi connectivity index (χ4n) is 2.64. The molecule has 1 aromatic rings. The summed E-state index contributed by atoms with van der Waals surface area (Å²) in [7, 11) is 4.21. The molecule has 2 rings (SSSR count). The molecule has 0 amide bonds. The molecule has 2 unspecified atom stereocenters. The molecule has 0 bridgehead atoms. The van der Waals surface area contributed by atoms with Gasteiger partial charge in [0.15, 0.2) is 0 Å². The maximum atomic E-state index is 3.53. The van der Waals surface area contributed by atoms with Gasteiger partial charge in [0.25, 0.3) is 0 Å². The maximum absolute atomic E-state index is 3.53. The van der Waals surface area contributed by atoms with Crippen LogP contribution in [0.2, 0.25) is 0 Å². The Labute approximate surface area is 111 Å². The molecule has 0 radical (unpaired) electrons. The molecule has 0 aromatic heterocycles. The number of aryl methyl sites for hydroxylation is 1. The van der Waals surface area contributed by atoms with Gasteiger partial charge in [0.2, 0.25) is 0 Å². The van der Waals surface area contributed by atoms with E-state index in [1.165, 1.54) is 16.9 Å². The van der Waals surface area contributed by atoms with E-state index < -0.39 is 0 Å². The van der Waals surface area contributed by atoms with Gasteiger partial charge in [0.05, 0.1) is 0 Å². The number of rotatable bonds is 2. The van der Waals surface area contributed by atoms with Gasteiger partial charge in [-0.2, -0.15) is 0 Å². The monoisotopic (exact) mass is 247 g/mol. The lowest BCUT2D eigenvalue weighted by molar-refractivity contribution is 0.425. The van der Waals surface area contributed by atoms with Gasteiger partial charge in [-0.1, -0.05) is 6.07 Å². The number of nitrogens with zero attached hydrogens (tertiary/aromatic N) is 2. The molecule has 1 aliphatic rings. The minimum Gasteiger partial charge on any atom is -0.377 e. The van der Waals surface area contributed by atoms with E-state index in [1.54, 1.807) is 0 Å². The summed E-state index contributed by atoms with van der Waals surface area (Å²) in [6, 6.07) is 7.90. The van der Waals surface area contributed by atoms with Crippen molar-refractivity contribution in [3.63, 3.8) is 0 Å². The van der Waals surface area contributed by atoms with Crippen molar-refractivity contribution >= 4 is 11.4 Å². The second-order valence-electron chi connectivity index (χ2n) is 5.68. The van der Waals surface area contributed by atoms with Crippen molar-refractivity contribution in [1.82, 2.24) is 5.32 Å². The molecule has 18 heavy (non-hydrogen) atoms. The Hall–Kier alpha value is -1.22. The number of piperazine rings is 1. The van der Waals surface area contributed by atoms with Crippen LogP contribution in [0.5, 0.6) is 0 Å². The normalized spacial score (nSPS) is 24.2. The van der Waals surface area contributed by atoms with E-state index in [0.717, 1.165) is 13.1 Å². The van der Waals surface area contributed by atoms with E-state index in [4.69, 9.17) is 0 Å². The quantitative estimate of drug-likeness (QED) is 0.865. The van der Waals surface area contributed by atoms with Crippen LogP contribution in [-0.4, -0.2) is 39.3 Å². The van der Waals surface area contributed by atoms with E-state index in [9.17, 15) is 0 Å². The van der Waals surface area contributed by atoms with Crippen LogP contribution in [-0.2, 0) is 0 Å². The van der Waals surface area contributed by atoms with Crippen LogP contribution in [0.15, 0.2) is 18.2 Å². The van der Waals surface area contributed by atoms with Gasteiger partial charge in [0, 0.05) is 50.6 Å². The highest BCUT2D eigenvalue weighted by Crippen LogP contribution is 2.27. The summed E-state index contributed by atoms with van der Waals surface area (Å²) in [5.74, 6) is 0. The van der Waals surface area contributed by atoms with Gasteiger partial charge in [-0.15, -0.1) is 0 Å². The molecule has 1 aromatic carbocycles. The lowest BCUT2D eigenvalue weighted by Gasteiger charge is -2.39. The predicted octanol–water partition coefficient (Wildman–Crippen LogP) is 2.25. The Morgan fingerprint density at radius 3 is 2.67 bits per heavy atom. The molecule has 1 heterocycles. The van der Waals surface area contributed by atoms with Crippen molar-refractivity contribution in [2.45, 2.75) is 32.9 Å². The summed E-state index contributed by atoms with van der Waals surface area (Å²) < 4.78 is 0. The summed E-state index contributed by atoms with van der Waals surface area (Å²) in [4.78, 5) is 4.70. The zero-order chi connectivity index (χ0) is 13.3. The molecule has 3 heteroatoms. The molecule has 0 saturated carbocycles. The average Bonchev–Trinajstić information content (AvgIpc) is 2.33. The first-order valence-corrected chi connectivity index (χ1v) is 6.77. The van der Waals surface area contributed by atoms with Crippen molar-refractivity contribution < 1.29 is 0 Å². The van der Waals surface area contributed by atoms with Crippen LogP contribution in [0.1, 0.15) is 19.4 Å². The number of hydrogen-bond donors (Lipinski definition) is 1. The van der Waals surface area contributed by atoms with E-state index in [0.29, 0.717) is 12.1 Å². The molecular formula is C15H25N3. The Morgan fingerprint density at radius 1 is 1.28 bits per heavy atom. The summed E-state index contributed by atoms with van der Waals surface area (Å²) >= 11 is 0. The topological polar surface area (TPSA) is 18.5 Å². The number of nitrogens with one attached hydrogen (secondary N) is 1. The molecule has 1 N–H and O–H groups in total. The molecule has 0 aliphatic carbocycles. The van der Waals surface area contributed by atoms with E-state index in [-0.39, 0.29) is 0 Å². The molecular weight excluding hydrogens is 222 g/mol. The molecule has 1 saturated heterocycles. The molecule has 1 fully saturated rings. The minimum atomic E-state index is 0.555. The van der Waals surface area contributed by atoms with E-state index in [2.05, 4.69) is 68.2 Å². The van der Waals surface area contributed by atoms with Crippen molar-refractivity contribution in [1.29, 1.82) is 0 Å². The van der Waals surface area contributed by atoms with Crippen LogP contribution in [0.25, 0.3) is 0 Å². The standard InChI is InChI=1S/C15H25N3/c1-11-6-7-14(8-15(11)17(4)5)18-10-12(2)16-9-13(18)3/h6-8,12-13,16H,9-10H2,1-5H3.